The zero-order valence-electron chi connectivity index (χ0n) is 20.3. The van der Waals surface area contributed by atoms with E-state index in [-0.39, 0.29) is 34.2 Å². The molecule has 14 heteroatoms. The van der Waals surface area contributed by atoms with Gasteiger partial charge in [-0.25, -0.2) is 27.7 Å². The Labute approximate surface area is 219 Å². The zero-order chi connectivity index (χ0) is 27.8. The van der Waals surface area contributed by atoms with Crippen molar-refractivity contribution in [3.63, 3.8) is 0 Å². The molecule has 202 valence electrons. The lowest BCUT2D eigenvalue weighted by Gasteiger charge is -2.31. The smallest absolute Gasteiger partial charge is 0.372 e. The van der Waals surface area contributed by atoms with E-state index >= 15 is 0 Å². The molecule has 2 atom stereocenters. The minimum Gasteiger partial charge on any atom is -0.476 e. The number of carboxylic acid groups (broad SMARTS) is 1. The maximum absolute atomic E-state index is 14.4. The zero-order valence-corrected chi connectivity index (χ0v) is 21.0. The predicted octanol–water partition coefficient (Wildman–Crippen LogP) is 2.48. The van der Waals surface area contributed by atoms with Crippen LogP contribution < -0.4 is 5.32 Å². The van der Waals surface area contributed by atoms with Gasteiger partial charge in [-0.15, -0.1) is 0 Å². The number of rotatable bonds is 8. The number of aliphatic imine (C=N–C) groups is 1. The summed E-state index contributed by atoms with van der Waals surface area (Å²) < 4.78 is 49.3. The van der Waals surface area contributed by atoms with Gasteiger partial charge in [0.2, 0.25) is 5.78 Å². The SMILES string of the molecule is COC(=O)C1=C(CN2CC(F)(F)C[C@H]2CC(=O)C(=O)O)NC(c2nccn2C)=N[C@H]1c1ccc(F)cc1Cl. The molecular weight excluding hydrogens is 531 g/mol. The second-order valence-electron chi connectivity index (χ2n) is 8.97. The summed E-state index contributed by atoms with van der Waals surface area (Å²) in [6.07, 6.45) is 1.78. The first-order valence-corrected chi connectivity index (χ1v) is 11.7. The van der Waals surface area contributed by atoms with E-state index in [0.717, 1.165) is 19.2 Å². The van der Waals surface area contributed by atoms with Gasteiger partial charge in [0.05, 0.1) is 19.2 Å². The molecule has 1 aromatic heterocycles. The van der Waals surface area contributed by atoms with Crippen LogP contribution in [0, 0.1) is 5.82 Å². The van der Waals surface area contributed by atoms with Gasteiger partial charge in [0.15, 0.2) is 11.7 Å². The minimum atomic E-state index is -3.19. The number of hydrogen-bond acceptors (Lipinski definition) is 8. The first kappa shape index (κ1) is 27.3. The van der Waals surface area contributed by atoms with Gasteiger partial charge < -0.3 is 19.7 Å². The van der Waals surface area contributed by atoms with Crippen molar-refractivity contribution in [2.45, 2.75) is 30.8 Å². The normalized spacial score (nSPS) is 21.2. The van der Waals surface area contributed by atoms with Crippen LogP contribution in [0.25, 0.3) is 0 Å². The largest absolute Gasteiger partial charge is 0.476 e. The Morgan fingerprint density at radius 2 is 2.05 bits per heavy atom. The molecule has 0 radical (unpaired) electrons. The third-order valence-electron chi connectivity index (χ3n) is 6.33. The number of aromatic nitrogens is 2. The first-order chi connectivity index (χ1) is 17.9. The standard InChI is InChI=1S/C24H23ClF3N5O5/c1-32-6-5-29-21(32)20-30-16(10-33-11-24(27,28)9-13(33)8-17(34)22(35)36)18(23(37)38-2)19(31-20)14-4-3-12(26)7-15(14)25/h3-7,13,19H,8-11H2,1-2H3,(H,30,31)(H,35,36)/t13-,19+/m1/s1. The molecule has 2 N–H and O–H groups in total. The highest BCUT2D eigenvalue weighted by atomic mass is 35.5. The van der Waals surface area contributed by atoms with E-state index in [2.05, 4.69) is 15.3 Å². The molecule has 10 nitrogen and oxygen atoms in total. The lowest BCUT2D eigenvalue weighted by Crippen LogP contribution is -2.42. The van der Waals surface area contributed by atoms with Crippen molar-refractivity contribution in [3.05, 3.63) is 64.1 Å². The number of amidine groups is 1. The number of imidazole rings is 1. The molecule has 38 heavy (non-hydrogen) atoms. The number of Topliss-reactive ketones (excluding diaryl/α,β-unsaturated/α-hetero) is 1. The highest BCUT2D eigenvalue weighted by Crippen LogP contribution is 2.39. The van der Waals surface area contributed by atoms with Crippen molar-refractivity contribution in [1.29, 1.82) is 0 Å². The molecule has 0 unspecified atom stereocenters. The Balaban J connectivity index is 1.82. The van der Waals surface area contributed by atoms with Crippen molar-refractivity contribution >= 4 is 35.2 Å². The molecular formula is C24H23ClF3N5O5. The number of ether oxygens (including phenoxy) is 1. The number of halogens is 4. The van der Waals surface area contributed by atoms with Gasteiger partial charge in [0.1, 0.15) is 11.9 Å². The number of carboxylic acids is 1. The number of hydrogen-bond donors (Lipinski definition) is 2. The Morgan fingerprint density at radius 3 is 2.66 bits per heavy atom. The van der Waals surface area contributed by atoms with E-state index < -0.39 is 60.9 Å². The van der Waals surface area contributed by atoms with Gasteiger partial charge in [-0.3, -0.25) is 14.7 Å². The Hall–Kier alpha value is -3.71. The summed E-state index contributed by atoms with van der Waals surface area (Å²) in [5.74, 6) is -7.06. The number of benzene rings is 1. The van der Waals surface area contributed by atoms with Crippen molar-refractivity contribution in [2.24, 2.45) is 12.0 Å². The molecule has 2 aliphatic rings. The molecule has 0 amide bonds. The van der Waals surface area contributed by atoms with Crippen LogP contribution in [0.5, 0.6) is 0 Å². The highest BCUT2D eigenvalue weighted by molar-refractivity contribution is 6.32. The Morgan fingerprint density at radius 1 is 1.32 bits per heavy atom. The third-order valence-corrected chi connectivity index (χ3v) is 6.65. The average Bonchev–Trinajstić information content (AvgIpc) is 3.39. The number of nitrogens with zero attached hydrogens (tertiary/aromatic N) is 4. The van der Waals surface area contributed by atoms with E-state index in [4.69, 9.17) is 21.4 Å². The summed E-state index contributed by atoms with van der Waals surface area (Å²) in [5, 5.41) is 12.0. The molecule has 2 aliphatic heterocycles. The van der Waals surface area contributed by atoms with Gasteiger partial charge in [-0.05, 0) is 12.1 Å². The summed E-state index contributed by atoms with van der Waals surface area (Å²) in [5.41, 5.74) is 0.293. The van der Waals surface area contributed by atoms with Crippen LogP contribution in [0.1, 0.15) is 30.3 Å². The van der Waals surface area contributed by atoms with E-state index in [1.807, 2.05) is 0 Å². The summed E-state index contributed by atoms with van der Waals surface area (Å²) in [6, 6.07) is 1.32. The second-order valence-corrected chi connectivity index (χ2v) is 9.38. The first-order valence-electron chi connectivity index (χ1n) is 11.4. The molecule has 3 heterocycles. The topological polar surface area (TPSA) is 126 Å². The number of aliphatic carboxylic acids is 1. The number of esters is 1. The third kappa shape index (κ3) is 5.58. The summed E-state index contributed by atoms with van der Waals surface area (Å²) >= 11 is 6.32. The fourth-order valence-electron chi connectivity index (χ4n) is 4.58. The van der Waals surface area contributed by atoms with Crippen LogP contribution in [0.4, 0.5) is 13.2 Å². The molecule has 4 rings (SSSR count). The van der Waals surface area contributed by atoms with E-state index in [1.54, 1.807) is 17.8 Å². The minimum absolute atomic E-state index is 0.0294. The molecule has 0 bridgehead atoms. The number of carbonyl (C=O) groups is 3. The number of carbonyl (C=O) groups excluding carboxylic acids is 2. The van der Waals surface area contributed by atoms with Gasteiger partial charge in [-0.2, -0.15) is 0 Å². The molecule has 0 spiro atoms. The maximum atomic E-state index is 14.4. The molecule has 1 aromatic carbocycles. The van der Waals surface area contributed by atoms with Gasteiger partial charge in [-0.1, -0.05) is 17.7 Å². The Kier molecular flexibility index (Phi) is 7.61. The van der Waals surface area contributed by atoms with Crippen LogP contribution in [-0.2, 0) is 26.2 Å². The summed E-state index contributed by atoms with van der Waals surface area (Å²) in [7, 11) is 2.83. The molecule has 0 saturated carbocycles. The molecule has 1 saturated heterocycles. The van der Waals surface area contributed by atoms with Crippen LogP contribution in [0.3, 0.4) is 0 Å². The van der Waals surface area contributed by atoms with Gasteiger partial charge >= 0.3 is 11.9 Å². The lowest BCUT2D eigenvalue weighted by atomic mass is 9.95. The number of alkyl halides is 2. The quantitative estimate of drug-likeness (QED) is 0.377. The van der Waals surface area contributed by atoms with E-state index in [9.17, 15) is 27.6 Å². The highest BCUT2D eigenvalue weighted by Gasteiger charge is 2.47. The van der Waals surface area contributed by atoms with Crippen molar-refractivity contribution in [2.75, 3.05) is 20.2 Å². The Bertz CT molecular complexity index is 1360. The lowest BCUT2D eigenvalue weighted by molar-refractivity contribution is -0.149. The second kappa shape index (κ2) is 10.6. The predicted molar refractivity (Wildman–Crippen MR) is 128 cm³/mol. The van der Waals surface area contributed by atoms with Gasteiger partial charge in [0.25, 0.3) is 5.92 Å². The number of methoxy groups -OCH3 is 1. The van der Waals surface area contributed by atoms with Gasteiger partial charge in [0, 0.05) is 61.2 Å². The molecule has 0 aliphatic carbocycles. The fourth-order valence-corrected chi connectivity index (χ4v) is 4.85. The van der Waals surface area contributed by atoms with Crippen molar-refractivity contribution in [1.82, 2.24) is 19.8 Å². The summed E-state index contributed by atoms with van der Waals surface area (Å²) in [4.78, 5) is 46.1. The average molecular weight is 554 g/mol. The van der Waals surface area contributed by atoms with Crippen LogP contribution in [0.2, 0.25) is 5.02 Å². The molecule has 2 aromatic rings. The van der Waals surface area contributed by atoms with E-state index in [0.29, 0.717) is 5.82 Å². The van der Waals surface area contributed by atoms with E-state index in [1.165, 1.54) is 17.2 Å². The van der Waals surface area contributed by atoms with Crippen LogP contribution >= 0.6 is 11.6 Å². The number of nitrogens with one attached hydrogen (secondary N) is 1. The number of aryl methyl sites for hydroxylation is 1. The fraction of sp³-hybridized carbons (Fsp3) is 0.375. The molecule has 1 fully saturated rings. The monoisotopic (exact) mass is 553 g/mol. The van der Waals surface area contributed by atoms with Crippen molar-refractivity contribution in [3.8, 4) is 0 Å². The maximum Gasteiger partial charge on any atom is 0.372 e. The van der Waals surface area contributed by atoms with Crippen molar-refractivity contribution < 1.29 is 37.4 Å². The number of likely N-dealkylation sites (tertiary alicyclic amines) is 1. The van der Waals surface area contributed by atoms with Crippen LogP contribution in [-0.4, -0.2) is 75.3 Å². The summed E-state index contributed by atoms with van der Waals surface area (Å²) in [6.45, 7) is -1.09. The number of ketones is 1. The van der Waals surface area contributed by atoms with Crippen LogP contribution in [0.15, 0.2) is 46.9 Å².